The van der Waals surface area contributed by atoms with Crippen LogP contribution in [0.25, 0.3) is 0 Å². The van der Waals surface area contributed by atoms with Crippen LogP contribution in [0.1, 0.15) is 99.3 Å². The molecular formula is C19H44O2. The largest absolute Gasteiger partial charge is 0.412 e. The summed E-state index contributed by atoms with van der Waals surface area (Å²) < 4.78 is 5.50. The van der Waals surface area contributed by atoms with Crippen molar-refractivity contribution in [3.63, 3.8) is 0 Å². The van der Waals surface area contributed by atoms with Gasteiger partial charge in [0.15, 0.2) is 0 Å². The minimum atomic E-state index is 0. The van der Waals surface area contributed by atoms with Gasteiger partial charge in [-0.05, 0) is 18.3 Å². The van der Waals surface area contributed by atoms with Gasteiger partial charge in [0, 0.05) is 7.11 Å². The summed E-state index contributed by atoms with van der Waals surface area (Å²) >= 11 is 0. The number of hydrogen-bond acceptors (Lipinski definition) is 1. The number of rotatable bonds is 7. The smallest absolute Gasteiger partial charge is 0.0594 e. The van der Waals surface area contributed by atoms with Crippen LogP contribution in [0.3, 0.4) is 0 Å². The van der Waals surface area contributed by atoms with Crippen LogP contribution in [0, 0.1) is 11.8 Å². The van der Waals surface area contributed by atoms with E-state index in [2.05, 4.69) is 13.8 Å². The molecule has 0 aromatic rings. The summed E-state index contributed by atoms with van der Waals surface area (Å²) in [5.41, 5.74) is 0. The van der Waals surface area contributed by atoms with E-state index < -0.39 is 0 Å². The van der Waals surface area contributed by atoms with Crippen LogP contribution >= 0.6 is 0 Å². The maximum Gasteiger partial charge on any atom is 0.0594 e. The Labute approximate surface area is 135 Å². The third-order valence-corrected chi connectivity index (χ3v) is 4.12. The van der Waals surface area contributed by atoms with Gasteiger partial charge in [0.05, 0.1) is 6.10 Å². The first kappa shape index (κ1) is 25.9. The molecule has 0 spiro atoms. The first-order valence-corrected chi connectivity index (χ1v) is 9.26. The van der Waals surface area contributed by atoms with Crippen LogP contribution in [0.4, 0.5) is 0 Å². The average Bonchev–Trinajstić information content (AvgIpc) is 2.52. The number of unbranched alkanes of at least 4 members (excludes halogenated alkanes) is 1. The summed E-state index contributed by atoms with van der Waals surface area (Å²) in [5.74, 6) is 1.72. The van der Waals surface area contributed by atoms with E-state index in [1.807, 2.05) is 34.8 Å². The normalized spacial score (nSPS) is 16.0. The first-order valence-electron chi connectivity index (χ1n) is 9.26. The van der Waals surface area contributed by atoms with Gasteiger partial charge >= 0.3 is 0 Å². The predicted molar refractivity (Wildman–Crippen MR) is 97.0 cm³/mol. The lowest BCUT2D eigenvalue weighted by atomic mass is 9.85. The van der Waals surface area contributed by atoms with E-state index in [0.717, 1.165) is 5.92 Å². The number of hydrogen-bond donors (Lipinski definition) is 0. The maximum atomic E-state index is 5.50. The van der Waals surface area contributed by atoms with Crippen molar-refractivity contribution in [2.45, 2.75) is 105 Å². The van der Waals surface area contributed by atoms with Crippen molar-refractivity contribution < 1.29 is 10.2 Å². The summed E-state index contributed by atoms with van der Waals surface area (Å²) in [5, 5.41) is 0. The van der Waals surface area contributed by atoms with E-state index in [9.17, 15) is 0 Å². The van der Waals surface area contributed by atoms with E-state index in [4.69, 9.17) is 4.74 Å². The Balaban J connectivity index is -0.000000595. The Bertz CT molecular complexity index is 163. The van der Waals surface area contributed by atoms with Crippen molar-refractivity contribution in [1.82, 2.24) is 0 Å². The Kier molecular flexibility index (Phi) is 24.5. The van der Waals surface area contributed by atoms with Crippen LogP contribution < -0.4 is 0 Å². The van der Waals surface area contributed by atoms with Crippen LogP contribution in [0.15, 0.2) is 0 Å². The lowest BCUT2D eigenvalue weighted by molar-refractivity contribution is 0.0556. The van der Waals surface area contributed by atoms with Crippen molar-refractivity contribution in [3.05, 3.63) is 0 Å². The molecule has 1 rings (SSSR count). The summed E-state index contributed by atoms with van der Waals surface area (Å²) in [6.45, 7) is 12.5. The molecule has 0 aliphatic heterocycles. The Hall–Kier alpha value is -0.0800. The Morgan fingerprint density at radius 1 is 0.905 bits per heavy atom. The molecule has 0 saturated heterocycles. The molecule has 1 aliphatic carbocycles. The lowest BCUT2D eigenvalue weighted by Gasteiger charge is -2.22. The van der Waals surface area contributed by atoms with Crippen molar-refractivity contribution in [2.24, 2.45) is 11.8 Å². The average molecular weight is 305 g/mol. The highest BCUT2D eigenvalue weighted by Gasteiger charge is 2.14. The fourth-order valence-electron chi connectivity index (χ4n) is 2.98. The fourth-order valence-corrected chi connectivity index (χ4v) is 2.98. The molecule has 1 atom stereocenters. The lowest BCUT2D eigenvalue weighted by Crippen LogP contribution is -2.17. The number of ether oxygens (including phenoxy) is 1. The van der Waals surface area contributed by atoms with E-state index in [1.54, 1.807) is 0 Å². The highest BCUT2D eigenvalue weighted by Crippen LogP contribution is 2.28. The molecule has 2 heteroatoms. The summed E-state index contributed by atoms with van der Waals surface area (Å²) in [4.78, 5) is 0. The zero-order valence-corrected chi connectivity index (χ0v) is 16.0. The van der Waals surface area contributed by atoms with Gasteiger partial charge < -0.3 is 10.2 Å². The molecule has 1 fully saturated rings. The van der Waals surface area contributed by atoms with Gasteiger partial charge in [0.2, 0.25) is 0 Å². The predicted octanol–water partition coefficient (Wildman–Crippen LogP) is 6.03. The zero-order valence-electron chi connectivity index (χ0n) is 16.0. The van der Waals surface area contributed by atoms with E-state index in [-0.39, 0.29) is 5.48 Å². The second-order valence-electron chi connectivity index (χ2n) is 5.81. The monoisotopic (exact) mass is 304 g/mol. The molecule has 0 bridgehead atoms. The molecule has 0 aromatic heterocycles. The molecule has 132 valence electrons. The second kappa shape index (κ2) is 19.9. The zero-order chi connectivity index (χ0) is 15.8. The van der Waals surface area contributed by atoms with E-state index >= 15 is 0 Å². The fraction of sp³-hybridized carbons (Fsp3) is 1.00. The summed E-state index contributed by atoms with van der Waals surface area (Å²) in [7, 11) is 1.85. The Morgan fingerprint density at radius 3 is 1.86 bits per heavy atom. The van der Waals surface area contributed by atoms with Gasteiger partial charge in [-0.15, -0.1) is 0 Å². The third kappa shape index (κ3) is 14.6. The van der Waals surface area contributed by atoms with Crippen LogP contribution in [-0.4, -0.2) is 18.7 Å². The Morgan fingerprint density at radius 2 is 1.43 bits per heavy atom. The van der Waals surface area contributed by atoms with E-state index in [1.165, 1.54) is 57.8 Å². The van der Waals surface area contributed by atoms with Crippen LogP contribution in [-0.2, 0) is 4.74 Å². The maximum absolute atomic E-state index is 5.50. The van der Waals surface area contributed by atoms with Gasteiger partial charge in [-0.25, -0.2) is 0 Å². The highest BCUT2D eigenvalue weighted by molar-refractivity contribution is 4.67. The topological polar surface area (TPSA) is 40.7 Å². The molecule has 0 amide bonds. The minimum absolute atomic E-state index is 0. The van der Waals surface area contributed by atoms with Crippen LogP contribution in [0.2, 0.25) is 0 Å². The molecule has 2 N–H and O–H groups in total. The number of methoxy groups -OCH3 is 1. The van der Waals surface area contributed by atoms with Crippen molar-refractivity contribution >= 4 is 0 Å². The molecule has 2 nitrogen and oxygen atoms in total. The minimum Gasteiger partial charge on any atom is -0.412 e. The molecule has 0 radical (unpaired) electrons. The standard InChI is InChI=1S/C15H30O.2C2H6.H2O/c1-13(2)15(16-3)12-8-7-11-14-9-5-4-6-10-14;2*1-2;/h13-15H,4-12H2,1-3H3;2*1-2H3;1H2/t15-;;;/m0.../s1. The van der Waals surface area contributed by atoms with Gasteiger partial charge in [-0.2, -0.15) is 0 Å². The van der Waals surface area contributed by atoms with Gasteiger partial charge in [-0.1, -0.05) is 92.9 Å². The van der Waals surface area contributed by atoms with E-state index in [0.29, 0.717) is 12.0 Å². The molecule has 0 aromatic carbocycles. The van der Waals surface area contributed by atoms with Crippen molar-refractivity contribution in [1.29, 1.82) is 0 Å². The first-order chi connectivity index (χ1) is 9.74. The van der Waals surface area contributed by atoms with Gasteiger partial charge in [-0.3, -0.25) is 0 Å². The molecule has 0 unspecified atom stereocenters. The second-order valence-corrected chi connectivity index (χ2v) is 5.81. The molecule has 1 saturated carbocycles. The van der Waals surface area contributed by atoms with Crippen molar-refractivity contribution in [3.8, 4) is 0 Å². The van der Waals surface area contributed by atoms with Gasteiger partial charge in [0.1, 0.15) is 0 Å². The third-order valence-electron chi connectivity index (χ3n) is 4.12. The molecule has 21 heavy (non-hydrogen) atoms. The van der Waals surface area contributed by atoms with Gasteiger partial charge in [0.25, 0.3) is 0 Å². The summed E-state index contributed by atoms with van der Waals surface area (Å²) in [6.07, 6.45) is 13.4. The molecule has 1 aliphatic rings. The summed E-state index contributed by atoms with van der Waals surface area (Å²) in [6, 6.07) is 0. The SMILES string of the molecule is CC.CC.CO[C@@H](CCCCC1CCCCC1)C(C)C.O. The highest BCUT2D eigenvalue weighted by atomic mass is 16.5. The molecule has 0 heterocycles. The van der Waals surface area contributed by atoms with Crippen molar-refractivity contribution in [2.75, 3.05) is 7.11 Å². The molecular weight excluding hydrogens is 260 g/mol. The van der Waals surface area contributed by atoms with Crippen LogP contribution in [0.5, 0.6) is 0 Å². The quantitative estimate of drug-likeness (QED) is 0.530.